The Morgan fingerprint density at radius 1 is 1.55 bits per heavy atom. The van der Waals surface area contributed by atoms with E-state index in [-0.39, 0.29) is 17.7 Å². The van der Waals surface area contributed by atoms with E-state index in [4.69, 9.17) is 4.74 Å². The van der Waals surface area contributed by atoms with Crippen molar-refractivity contribution in [3.63, 3.8) is 0 Å². The molecule has 0 N–H and O–H groups in total. The number of nitrogens with zero attached hydrogens (tertiary/aromatic N) is 1. The van der Waals surface area contributed by atoms with Crippen molar-refractivity contribution in [2.45, 2.75) is 20.0 Å². The standard InChI is InChI=1S/C8H10FNO/c1-6(2)11-8-5-10-4-3-7(8)9/h3-6H,1-2H3. The molecule has 0 saturated heterocycles. The lowest BCUT2D eigenvalue weighted by molar-refractivity contribution is 0.230. The smallest absolute Gasteiger partial charge is 0.173 e. The minimum atomic E-state index is -0.367. The summed E-state index contributed by atoms with van der Waals surface area (Å²) in [4.78, 5) is 3.73. The Morgan fingerprint density at radius 2 is 2.27 bits per heavy atom. The van der Waals surface area contributed by atoms with E-state index >= 15 is 0 Å². The Kier molecular flexibility index (Phi) is 2.41. The first-order chi connectivity index (χ1) is 5.20. The highest BCUT2D eigenvalue weighted by atomic mass is 19.1. The van der Waals surface area contributed by atoms with Gasteiger partial charge >= 0.3 is 0 Å². The van der Waals surface area contributed by atoms with Crippen molar-refractivity contribution >= 4 is 0 Å². The van der Waals surface area contributed by atoms with Gasteiger partial charge in [0.15, 0.2) is 11.6 Å². The van der Waals surface area contributed by atoms with Crippen molar-refractivity contribution in [2.24, 2.45) is 0 Å². The quantitative estimate of drug-likeness (QED) is 0.651. The van der Waals surface area contributed by atoms with Gasteiger partial charge in [-0.3, -0.25) is 4.98 Å². The second-order valence-corrected chi connectivity index (χ2v) is 2.47. The van der Waals surface area contributed by atoms with E-state index < -0.39 is 0 Å². The highest BCUT2D eigenvalue weighted by Crippen LogP contribution is 2.14. The van der Waals surface area contributed by atoms with E-state index in [1.165, 1.54) is 18.5 Å². The fourth-order valence-electron chi connectivity index (χ4n) is 0.704. The molecule has 1 aromatic heterocycles. The van der Waals surface area contributed by atoms with Crippen molar-refractivity contribution in [1.29, 1.82) is 0 Å². The van der Waals surface area contributed by atoms with E-state index in [2.05, 4.69) is 4.98 Å². The molecule has 1 rings (SSSR count). The van der Waals surface area contributed by atoms with Crippen LogP contribution in [0, 0.1) is 5.82 Å². The number of pyridine rings is 1. The number of aromatic nitrogens is 1. The van der Waals surface area contributed by atoms with Crippen molar-refractivity contribution in [1.82, 2.24) is 4.98 Å². The average molecular weight is 155 g/mol. The van der Waals surface area contributed by atoms with Gasteiger partial charge in [-0.05, 0) is 19.9 Å². The van der Waals surface area contributed by atoms with Crippen molar-refractivity contribution in [2.75, 3.05) is 0 Å². The molecule has 60 valence electrons. The molecular weight excluding hydrogens is 145 g/mol. The van der Waals surface area contributed by atoms with Crippen LogP contribution in [-0.4, -0.2) is 11.1 Å². The molecule has 0 aliphatic rings. The number of ether oxygens (including phenoxy) is 1. The molecule has 0 fully saturated rings. The first kappa shape index (κ1) is 7.98. The average Bonchev–Trinajstić information content (AvgIpc) is 1.93. The molecule has 0 aromatic carbocycles. The van der Waals surface area contributed by atoms with Crippen LogP contribution in [0.4, 0.5) is 4.39 Å². The number of halogens is 1. The number of hydrogen-bond donors (Lipinski definition) is 0. The van der Waals surface area contributed by atoms with Gasteiger partial charge in [-0.15, -0.1) is 0 Å². The Balaban J connectivity index is 2.78. The Bertz CT molecular complexity index is 237. The topological polar surface area (TPSA) is 22.1 Å². The summed E-state index contributed by atoms with van der Waals surface area (Å²) in [6, 6.07) is 1.28. The number of rotatable bonds is 2. The molecule has 2 nitrogen and oxygen atoms in total. The summed E-state index contributed by atoms with van der Waals surface area (Å²) in [7, 11) is 0. The van der Waals surface area contributed by atoms with Crippen molar-refractivity contribution in [3.8, 4) is 5.75 Å². The Labute approximate surface area is 65.0 Å². The lowest BCUT2D eigenvalue weighted by Gasteiger charge is -2.08. The lowest BCUT2D eigenvalue weighted by atomic mass is 10.4. The first-order valence-corrected chi connectivity index (χ1v) is 3.46. The van der Waals surface area contributed by atoms with Crippen LogP contribution in [-0.2, 0) is 0 Å². The van der Waals surface area contributed by atoms with Crippen LogP contribution >= 0.6 is 0 Å². The third-order valence-corrected chi connectivity index (χ3v) is 1.10. The molecule has 1 aromatic rings. The van der Waals surface area contributed by atoms with Crippen LogP contribution in [0.25, 0.3) is 0 Å². The van der Waals surface area contributed by atoms with Crippen LogP contribution < -0.4 is 4.74 Å². The van der Waals surface area contributed by atoms with Crippen molar-refractivity contribution in [3.05, 3.63) is 24.3 Å². The molecule has 11 heavy (non-hydrogen) atoms. The van der Waals surface area contributed by atoms with Gasteiger partial charge in [-0.25, -0.2) is 4.39 Å². The van der Waals surface area contributed by atoms with Crippen LogP contribution in [0.3, 0.4) is 0 Å². The van der Waals surface area contributed by atoms with Crippen molar-refractivity contribution < 1.29 is 9.13 Å². The molecular formula is C8H10FNO. The third-order valence-electron chi connectivity index (χ3n) is 1.10. The number of hydrogen-bond acceptors (Lipinski definition) is 2. The molecule has 0 amide bonds. The predicted octanol–water partition coefficient (Wildman–Crippen LogP) is 2.01. The molecule has 0 bridgehead atoms. The maximum atomic E-state index is 12.8. The fourth-order valence-corrected chi connectivity index (χ4v) is 0.704. The summed E-state index contributed by atoms with van der Waals surface area (Å²) in [5.41, 5.74) is 0. The van der Waals surface area contributed by atoms with Gasteiger partial charge in [-0.2, -0.15) is 0 Å². The van der Waals surface area contributed by atoms with Crippen LogP contribution in [0.5, 0.6) is 5.75 Å². The van der Waals surface area contributed by atoms with Gasteiger partial charge < -0.3 is 4.74 Å². The minimum Gasteiger partial charge on any atom is -0.486 e. The molecule has 1 heterocycles. The fraction of sp³-hybridized carbons (Fsp3) is 0.375. The summed E-state index contributed by atoms with van der Waals surface area (Å²) in [6.07, 6.45) is 2.74. The highest BCUT2D eigenvalue weighted by molar-refractivity contribution is 5.18. The van der Waals surface area contributed by atoms with Gasteiger partial charge in [0, 0.05) is 6.20 Å². The van der Waals surface area contributed by atoms with Crippen LogP contribution in [0.1, 0.15) is 13.8 Å². The summed E-state index contributed by atoms with van der Waals surface area (Å²) in [5, 5.41) is 0. The van der Waals surface area contributed by atoms with Crippen LogP contribution in [0.15, 0.2) is 18.5 Å². The van der Waals surface area contributed by atoms with E-state index in [9.17, 15) is 4.39 Å². The third kappa shape index (κ3) is 2.18. The van der Waals surface area contributed by atoms with Gasteiger partial charge in [0.05, 0.1) is 12.3 Å². The van der Waals surface area contributed by atoms with Gasteiger partial charge in [-0.1, -0.05) is 0 Å². The second-order valence-electron chi connectivity index (χ2n) is 2.47. The summed E-state index contributed by atoms with van der Waals surface area (Å²) < 4.78 is 17.9. The van der Waals surface area contributed by atoms with E-state index in [1.54, 1.807) is 0 Å². The Hall–Kier alpha value is -1.12. The molecule has 0 radical (unpaired) electrons. The maximum Gasteiger partial charge on any atom is 0.173 e. The predicted molar refractivity (Wildman–Crippen MR) is 40.0 cm³/mol. The molecule has 0 spiro atoms. The molecule has 0 atom stereocenters. The zero-order chi connectivity index (χ0) is 8.27. The summed E-state index contributed by atoms with van der Waals surface area (Å²) in [6.45, 7) is 3.68. The van der Waals surface area contributed by atoms with E-state index in [0.29, 0.717) is 0 Å². The Morgan fingerprint density at radius 3 is 2.82 bits per heavy atom. The van der Waals surface area contributed by atoms with E-state index in [1.807, 2.05) is 13.8 Å². The lowest BCUT2D eigenvalue weighted by Crippen LogP contribution is -2.06. The monoisotopic (exact) mass is 155 g/mol. The zero-order valence-electron chi connectivity index (χ0n) is 6.54. The second kappa shape index (κ2) is 3.32. The molecule has 3 heteroatoms. The SMILES string of the molecule is CC(C)Oc1cnccc1F. The summed E-state index contributed by atoms with van der Waals surface area (Å²) >= 11 is 0. The largest absolute Gasteiger partial charge is 0.486 e. The first-order valence-electron chi connectivity index (χ1n) is 3.46. The minimum absolute atomic E-state index is 0.0197. The summed E-state index contributed by atoms with van der Waals surface area (Å²) in [5.74, 6) is -0.156. The normalized spacial score (nSPS) is 10.2. The molecule has 0 unspecified atom stereocenters. The van der Waals surface area contributed by atoms with Gasteiger partial charge in [0.2, 0.25) is 0 Å². The van der Waals surface area contributed by atoms with Crippen LogP contribution in [0.2, 0.25) is 0 Å². The molecule has 0 aliphatic carbocycles. The zero-order valence-corrected chi connectivity index (χ0v) is 6.54. The van der Waals surface area contributed by atoms with Gasteiger partial charge in [0.25, 0.3) is 0 Å². The van der Waals surface area contributed by atoms with Gasteiger partial charge in [0.1, 0.15) is 0 Å². The highest BCUT2D eigenvalue weighted by Gasteiger charge is 2.02. The van der Waals surface area contributed by atoms with E-state index in [0.717, 1.165) is 0 Å². The molecule has 0 saturated carbocycles. The maximum absolute atomic E-state index is 12.8. The molecule has 0 aliphatic heterocycles.